The Hall–Kier alpha value is -2.43. The molecule has 2 N–H and O–H groups in total. The second kappa shape index (κ2) is 6.77. The van der Waals surface area contributed by atoms with E-state index in [9.17, 15) is 18.0 Å². The summed E-state index contributed by atoms with van der Waals surface area (Å²) in [6.07, 6.45) is 1.17. The van der Waals surface area contributed by atoms with E-state index in [2.05, 4.69) is 15.3 Å². The average Bonchev–Trinajstić information content (AvgIpc) is 2.34. The van der Waals surface area contributed by atoms with Crippen molar-refractivity contribution in [3.05, 3.63) is 12.0 Å². The van der Waals surface area contributed by atoms with Crippen LogP contribution in [0.1, 0.15) is 31.4 Å². The van der Waals surface area contributed by atoms with Crippen molar-refractivity contribution in [2.75, 3.05) is 18.7 Å². The van der Waals surface area contributed by atoms with Crippen LogP contribution in [0.4, 0.5) is 10.5 Å². The number of sulfonamides is 1. The standard InChI is InChI=1S/C12H18N4O6S/c1-12(2,3)22-11(18)14-7-6-13-8(15-10(7)21-4)9(17)16-23(5,19)20/h6H,1-5H3,(H,14,18)(H,16,17). The van der Waals surface area contributed by atoms with Gasteiger partial charge in [0.2, 0.25) is 21.7 Å². The van der Waals surface area contributed by atoms with Gasteiger partial charge in [-0.1, -0.05) is 0 Å². The van der Waals surface area contributed by atoms with E-state index in [0.717, 1.165) is 12.5 Å². The fourth-order valence-corrected chi connectivity index (χ4v) is 1.77. The fourth-order valence-electron chi connectivity index (χ4n) is 1.34. The molecule has 0 aliphatic rings. The molecule has 0 aliphatic carbocycles. The van der Waals surface area contributed by atoms with Crippen LogP contribution in [-0.2, 0) is 14.8 Å². The second-order valence-electron chi connectivity index (χ2n) is 5.45. The minimum Gasteiger partial charge on any atom is -0.479 e. The molecule has 0 aliphatic heterocycles. The molecule has 1 rings (SSSR count). The van der Waals surface area contributed by atoms with Crippen molar-refractivity contribution in [3.8, 4) is 5.88 Å². The number of aromatic nitrogens is 2. The molecule has 0 unspecified atom stereocenters. The molecule has 0 spiro atoms. The van der Waals surface area contributed by atoms with Crippen molar-refractivity contribution in [1.82, 2.24) is 14.7 Å². The summed E-state index contributed by atoms with van der Waals surface area (Å²) in [5.74, 6) is -1.57. The Morgan fingerprint density at radius 2 is 1.87 bits per heavy atom. The number of nitrogens with one attached hydrogen (secondary N) is 2. The third-order valence-corrected chi connectivity index (χ3v) is 2.62. The van der Waals surface area contributed by atoms with E-state index in [1.54, 1.807) is 25.5 Å². The predicted molar refractivity (Wildman–Crippen MR) is 80.8 cm³/mol. The predicted octanol–water partition coefficient (Wildman–Crippen LogP) is 0.522. The molecule has 10 nitrogen and oxygen atoms in total. The van der Waals surface area contributed by atoms with Gasteiger partial charge in [-0.05, 0) is 20.8 Å². The third-order valence-electron chi connectivity index (χ3n) is 2.06. The highest BCUT2D eigenvalue weighted by Crippen LogP contribution is 2.21. The number of carbonyl (C=O) groups is 2. The van der Waals surface area contributed by atoms with Gasteiger partial charge < -0.3 is 9.47 Å². The topological polar surface area (TPSA) is 137 Å². The molecule has 1 aromatic rings. The maximum Gasteiger partial charge on any atom is 0.412 e. The van der Waals surface area contributed by atoms with Crippen LogP contribution in [0.3, 0.4) is 0 Å². The van der Waals surface area contributed by atoms with Crippen LogP contribution in [0.2, 0.25) is 0 Å². The molecule has 11 heteroatoms. The van der Waals surface area contributed by atoms with Crippen LogP contribution in [0.25, 0.3) is 0 Å². The molecular weight excluding hydrogens is 328 g/mol. The molecule has 0 saturated carbocycles. The van der Waals surface area contributed by atoms with Crippen LogP contribution < -0.4 is 14.8 Å². The molecule has 0 saturated heterocycles. The van der Waals surface area contributed by atoms with Crippen LogP contribution in [0.15, 0.2) is 6.20 Å². The lowest BCUT2D eigenvalue weighted by Gasteiger charge is -2.20. The molecule has 2 amide bonds. The first-order chi connectivity index (χ1) is 10.4. The van der Waals surface area contributed by atoms with Gasteiger partial charge in [-0.15, -0.1) is 0 Å². The minimum absolute atomic E-state index is 0.0673. The first-order valence-electron chi connectivity index (χ1n) is 6.34. The number of anilines is 1. The van der Waals surface area contributed by atoms with Crippen molar-refractivity contribution >= 4 is 27.7 Å². The second-order valence-corrected chi connectivity index (χ2v) is 7.20. The Bertz CT molecular complexity index is 711. The van der Waals surface area contributed by atoms with E-state index < -0.39 is 33.4 Å². The zero-order chi connectivity index (χ0) is 17.8. The van der Waals surface area contributed by atoms with E-state index in [4.69, 9.17) is 9.47 Å². The van der Waals surface area contributed by atoms with Gasteiger partial charge >= 0.3 is 12.0 Å². The molecular formula is C12H18N4O6S. The summed E-state index contributed by atoms with van der Waals surface area (Å²) in [4.78, 5) is 30.8. The lowest BCUT2D eigenvalue weighted by Crippen LogP contribution is -2.31. The zero-order valence-electron chi connectivity index (χ0n) is 13.3. The van der Waals surface area contributed by atoms with Crippen LogP contribution in [0.5, 0.6) is 5.88 Å². The first kappa shape index (κ1) is 18.6. The molecule has 1 aromatic heterocycles. The van der Waals surface area contributed by atoms with Gasteiger partial charge in [0.1, 0.15) is 11.3 Å². The SMILES string of the molecule is COc1nc(C(=O)NS(C)(=O)=O)ncc1NC(=O)OC(C)(C)C. The van der Waals surface area contributed by atoms with E-state index in [0.29, 0.717) is 0 Å². The van der Waals surface area contributed by atoms with E-state index in [-0.39, 0.29) is 11.6 Å². The van der Waals surface area contributed by atoms with Gasteiger partial charge in [0.15, 0.2) is 0 Å². The quantitative estimate of drug-likeness (QED) is 0.805. The molecule has 0 fully saturated rings. The summed E-state index contributed by atoms with van der Waals surface area (Å²) in [5, 5.41) is 2.37. The van der Waals surface area contributed by atoms with Gasteiger partial charge in [0.05, 0.1) is 19.6 Å². The van der Waals surface area contributed by atoms with Crippen LogP contribution in [-0.4, -0.2) is 49.4 Å². The van der Waals surface area contributed by atoms with Gasteiger partial charge in [0.25, 0.3) is 0 Å². The molecule has 23 heavy (non-hydrogen) atoms. The molecule has 1 heterocycles. The number of ether oxygens (including phenoxy) is 2. The maximum atomic E-state index is 11.7. The van der Waals surface area contributed by atoms with Crippen molar-refractivity contribution in [2.24, 2.45) is 0 Å². The smallest absolute Gasteiger partial charge is 0.412 e. The highest BCUT2D eigenvalue weighted by atomic mass is 32.2. The average molecular weight is 346 g/mol. The third kappa shape index (κ3) is 6.46. The lowest BCUT2D eigenvalue weighted by molar-refractivity contribution is 0.0635. The zero-order valence-corrected chi connectivity index (χ0v) is 14.1. The van der Waals surface area contributed by atoms with Crippen molar-refractivity contribution in [2.45, 2.75) is 26.4 Å². The van der Waals surface area contributed by atoms with E-state index in [1.165, 1.54) is 7.11 Å². The van der Waals surface area contributed by atoms with E-state index >= 15 is 0 Å². The maximum absolute atomic E-state index is 11.7. The summed E-state index contributed by atoms with van der Waals surface area (Å²) < 4.78 is 33.8. The number of carbonyl (C=O) groups excluding carboxylic acids is 2. The number of methoxy groups -OCH3 is 1. The van der Waals surface area contributed by atoms with Gasteiger partial charge in [-0.25, -0.2) is 22.9 Å². The lowest BCUT2D eigenvalue weighted by atomic mass is 10.2. The van der Waals surface area contributed by atoms with Crippen LogP contribution >= 0.6 is 0 Å². The largest absolute Gasteiger partial charge is 0.479 e. The van der Waals surface area contributed by atoms with Gasteiger partial charge in [-0.3, -0.25) is 10.1 Å². The highest BCUT2D eigenvalue weighted by Gasteiger charge is 2.20. The van der Waals surface area contributed by atoms with Gasteiger partial charge in [0, 0.05) is 0 Å². The van der Waals surface area contributed by atoms with Crippen molar-refractivity contribution in [3.63, 3.8) is 0 Å². The molecule has 0 radical (unpaired) electrons. The summed E-state index contributed by atoms with van der Waals surface area (Å²) in [6.45, 7) is 5.08. The Labute approximate surface area is 133 Å². The normalized spacial score (nSPS) is 11.5. The fraction of sp³-hybridized carbons (Fsp3) is 0.500. The monoisotopic (exact) mass is 346 g/mol. The Kier molecular flexibility index (Phi) is 5.48. The number of amides is 2. The van der Waals surface area contributed by atoms with Crippen molar-refractivity contribution in [1.29, 1.82) is 0 Å². The number of rotatable bonds is 4. The Morgan fingerprint density at radius 3 is 2.35 bits per heavy atom. The summed E-state index contributed by atoms with van der Waals surface area (Å²) >= 11 is 0. The Morgan fingerprint density at radius 1 is 1.26 bits per heavy atom. The number of hydrogen-bond donors (Lipinski definition) is 2. The van der Waals surface area contributed by atoms with Crippen molar-refractivity contribution < 1.29 is 27.5 Å². The molecule has 0 aromatic carbocycles. The molecule has 0 bridgehead atoms. The molecule has 128 valence electrons. The number of nitrogens with zero attached hydrogens (tertiary/aromatic N) is 2. The van der Waals surface area contributed by atoms with Gasteiger partial charge in [-0.2, -0.15) is 4.98 Å². The minimum atomic E-state index is -3.75. The Balaban J connectivity index is 2.97. The van der Waals surface area contributed by atoms with Crippen LogP contribution in [0, 0.1) is 0 Å². The summed E-state index contributed by atoms with van der Waals surface area (Å²) in [7, 11) is -2.49. The van der Waals surface area contributed by atoms with E-state index in [1.807, 2.05) is 0 Å². The summed E-state index contributed by atoms with van der Waals surface area (Å²) in [5.41, 5.74) is -0.634. The first-order valence-corrected chi connectivity index (χ1v) is 8.23. The molecule has 0 atom stereocenters. The number of hydrogen-bond acceptors (Lipinski definition) is 8. The summed E-state index contributed by atoms with van der Waals surface area (Å²) in [6, 6.07) is 0. The highest BCUT2D eigenvalue weighted by molar-refractivity contribution is 7.89.